The molecule has 0 aliphatic heterocycles. The van der Waals surface area contributed by atoms with Crippen molar-refractivity contribution >= 4 is 58.8 Å². The molecule has 0 aromatic carbocycles. The van der Waals surface area contributed by atoms with Gasteiger partial charge in [-0.3, -0.25) is 0 Å². The minimum Gasteiger partial charge on any atom is -0.232 e. The average molecular weight is 395 g/mol. The second-order valence-corrected chi connectivity index (χ2v) is 4.98. The summed E-state index contributed by atoms with van der Waals surface area (Å²) in [6.45, 7) is 0. The van der Waals surface area contributed by atoms with Gasteiger partial charge in [-0.25, -0.2) is 9.97 Å². The number of fused-ring (bicyclic) bond motifs is 1. The van der Waals surface area contributed by atoms with Crippen LogP contribution in [0, 0.1) is 0 Å². The normalized spacial score (nSPS) is 10.9. The molecule has 0 fully saturated rings. The van der Waals surface area contributed by atoms with Crippen LogP contribution < -0.4 is 0 Å². The maximum atomic E-state index is 4.45. The van der Waals surface area contributed by atoms with Crippen molar-refractivity contribution in [3.8, 4) is 0 Å². The predicted molar refractivity (Wildman–Crippen MR) is 72.5 cm³/mol. The standard InChI is InChI=1S/C10H7Br3N2/c11-4-6-3-7(5-12)14-10-8(6)1-2-9(13)15-10/h1-3H,4-5H2. The van der Waals surface area contributed by atoms with Crippen LogP contribution in [0.5, 0.6) is 0 Å². The van der Waals surface area contributed by atoms with Crippen LogP contribution in [0.1, 0.15) is 11.3 Å². The highest BCUT2D eigenvalue weighted by Crippen LogP contribution is 2.22. The first-order valence-electron chi connectivity index (χ1n) is 4.31. The van der Waals surface area contributed by atoms with E-state index in [1.807, 2.05) is 12.1 Å². The molecular formula is C10H7Br3N2. The maximum absolute atomic E-state index is 4.45. The summed E-state index contributed by atoms with van der Waals surface area (Å²) in [5.41, 5.74) is 3.01. The number of pyridine rings is 2. The molecule has 2 heterocycles. The second kappa shape index (κ2) is 4.89. The van der Waals surface area contributed by atoms with E-state index in [0.29, 0.717) is 0 Å². The Morgan fingerprint density at radius 3 is 2.53 bits per heavy atom. The first-order chi connectivity index (χ1) is 7.24. The molecular weight excluding hydrogens is 388 g/mol. The summed E-state index contributed by atoms with van der Waals surface area (Å²) < 4.78 is 0.815. The summed E-state index contributed by atoms with van der Waals surface area (Å²) in [7, 11) is 0. The molecule has 0 atom stereocenters. The van der Waals surface area contributed by atoms with Crippen molar-refractivity contribution in [1.82, 2.24) is 9.97 Å². The molecule has 0 spiro atoms. The Morgan fingerprint density at radius 2 is 1.87 bits per heavy atom. The van der Waals surface area contributed by atoms with E-state index in [4.69, 9.17) is 0 Å². The quantitative estimate of drug-likeness (QED) is 0.564. The van der Waals surface area contributed by atoms with Crippen molar-refractivity contribution in [2.24, 2.45) is 0 Å². The molecule has 2 nitrogen and oxygen atoms in total. The van der Waals surface area contributed by atoms with E-state index in [2.05, 4.69) is 63.8 Å². The second-order valence-electron chi connectivity index (χ2n) is 3.05. The summed E-state index contributed by atoms with van der Waals surface area (Å²) in [6.07, 6.45) is 0. The minimum atomic E-state index is 0.747. The predicted octanol–water partition coefficient (Wildman–Crippen LogP) is 4.18. The zero-order valence-electron chi connectivity index (χ0n) is 7.67. The van der Waals surface area contributed by atoms with Gasteiger partial charge in [-0.15, -0.1) is 0 Å². The molecule has 0 unspecified atom stereocenters. The Labute approximate surface area is 113 Å². The lowest BCUT2D eigenvalue weighted by molar-refractivity contribution is 1.16. The smallest absolute Gasteiger partial charge is 0.160 e. The van der Waals surface area contributed by atoms with Gasteiger partial charge in [-0.1, -0.05) is 31.9 Å². The van der Waals surface area contributed by atoms with Gasteiger partial charge < -0.3 is 0 Å². The highest BCUT2D eigenvalue weighted by atomic mass is 79.9. The van der Waals surface area contributed by atoms with Gasteiger partial charge in [0.1, 0.15) is 4.60 Å². The monoisotopic (exact) mass is 392 g/mol. The van der Waals surface area contributed by atoms with Gasteiger partial charge in [0.15, 0.2) is 5.65 Å². The van der Waals surface area contributed by atoms with E-state index in [-0.39, 0.29) is 0 Å². The van der Waals surface area contributed by atoms with Crippen LogP contribution in [0.3, 0.4) is 0 Å². The van der Waals surface area contributed by atoms with Crippen molar-refractivity contribution in [2.45, 2.75) is 10.7 Å². The van der Waals surface area contributed by atoms with Gasteiger partial charge in [0.05, 0.1) is 5.69 Å². The Bertz CT molecular complexity index is 499. The number of aromatic nitrogens is 2. The average Bonchev–Trinajstić information content (AvgIpc) is 2.26. The van der Waals surface area contributed by atoms with Crippen LogP contribution in [0.4, 0.5) is 0 Å². The van der Waals surface area contributed by atoms with Crippen molar-refractivity contribution < 1.29 is 0 Å². The maximum Gasteiger partial charge on any atom is 0.160 e. The molecule has 2 rings (SSSR count). The number of alkyl halides is 2. The largest absolute Gasteiger partial charge is 0.232 e. The highest BCUT2D eigenvalue weighted by molar-refractivity contribution is 9.10. The Kier molecular flexibility index (Phi) is 3.74. The van der Waals surface area contributed by atoms with Crippen LogP contribution >= 0.6 is 47.8 Å². The molecule has 5 heteroatoms. The number of hydrogen-bond donors (Lipinski definition) is 0. The van der Waals surface area contributed by atoms with Gasteiger partial charge >= 0.3 is 0 Å². The van der Waals surface area contributed by atoms with Crippen LogP contribution in [-0.4, -0.2) is 9.97 Å². The van der Waals surface area contributed by atoms with E-state index >= 15 is 0 Å². The molecule has 0 bridgehead atoms. The molecule has 2 aromatic rings. The molecule has 0 saturated carbocycles. The minimum absolute atomic E-state index is 0.747. The fourth-order valence-electron chi connectivity index (χ4n) is 1.39. The molecule has 0 N–H and O–H groups in total. The first kappa shape index (κ1) is 11.5. The number of rotatable bonds is 2. The summed E-state index contributed by atoms with van der Waals surface area (Å²) in [4.78, 5) is 8.81. The molecule has 78 valence electrons. The van der Waals surface area contributed by atoms with E-state index < -0.39 is 0 Å². The summed E-state index contributed by atoms with van der Waals surface area (Å²) >= 11 is 10.2. The Balaban J connectivity index is 2.74. The van der Waals surface area contributed by atoms with E-state index in [0.717, 1.165) is 32.0 Å². The zero-order valence-corrected chi connectivity index (χ0v) is 12.4. The van der Waals surface area contributed by atoms with Crippen LogP contribution in [0.25, 0.3) is 11.0 Å². The number of nitrogens with zero attached hydrogens (tertiary/aromatic N) is 2. The lowest BCUT2D eigenvalue weighted by atomic mass is 10.1. The summed E-state index contributed by atoms with van der Waals surface area (Å²) in [5, 5.41) is 2.66. The van der Waals surface area contributed by atoms with Gasteiger partial charge in [-0.05, 0) is 39.7 Å². The molecule has 0 aliphatic carbocycles. The van der Waals surface area contributed by atoms with E-state index in [1.165, 1.54) is 5.56 Å². The third-order valence-corrected chi connectivity index (χ3v) is 3.68. The zero-order chi connectivity index (χ0) is 10.8. The molecule has 2 aromatic heterocycles. The fourth-order valence-corrected chi connectivity index (χ4v) is 2.44. The lowest BCUT2D eigenvalue weighted by Crippen LogP contribution is -1.94. The van der Waals surface area contributed by atoms with Crippen molar-refractivity contribution in [1.29, 1.82) is 0 Å². The highest BCUT2D eigenvalue weighted by Gasteiger charge is 2.05. The van der Waals surface area contributed by atoms with E-state index in [1.54, 1.807) is 0 Å². The van der Waals surface area contributed by atoms with Crippen molar-refractivity contribution in [3.63, 3.8) is 0 Å². The van der Waals surface area contributed by atoms with Crippen LogP contribution in [0.2, 0.25) is 0 Å². The third-order valence-electron chi connectivity index (χ3n) is 2.06. The fraction of sp³-hybridized carbons (Fsp3) is 0.200. The lowest BCUT2D eigenvalue weighted by Gasteiger charge is -2.05. The van der Waals surface area contributed by atoms with E-state index in [9.17, 15) is 0 Å². The van der Waals surface area contributed by atoms with Gasteiger partial charge in [-0.2, -0.15) is 0 Å². The van der Waals surface area contributed by atoms with Crippen molar-refractivity contribution in [3.05, 3.63) is 34.1 Å². The van der Waals surface area contributed by atoms with Crippen LogP contribution in [-0.2, 0) is 10.7 Å². The van der Waals surface area contributed by atoms with Crippen molar-refractivity contribution in [2.75, 3.05) is 0 Å². The van der Waals surface area contributed by atoms with Gasteiger partial charge in [0.25, 0.3) is 0 Å². The number of hydrogen-bond acceptors (Lipinski definition) is 2. The Hall–Kier alpha value is -0.000000000000000111. The Morgan fingerprint density at radius 1 is 1.07 bits per heavy atom. The third kappa shape index (κ3) is 2.40. The molecule has 15 heavy (non-hydrogen) atoms. The first-order valence-corrected chi connectivity index (χ1v) is 7.35. The van der Waals surface area contributed by atoms with Gasteiger partial charge in [0, 0.05) is 16.0 Å². The summed E-state index contributed by atoms with van der Waals surface area (Å²) in [5.74, 6) is 0. The SMILES string of the molecule is BrCc1cc(CBr)c2ccc(Br)nc2n1. The molecule has 0 radical (unpaired) electrons. The number of halogens is 3. The molecule has 0 aliphatic rings. The molecule has 0 amide bonds. The van der Waals surface area contributed by atoms with Gasteiger partial charge in [0.2, 0.25) is 0 Å². The van der Waals surface area contributed by atoms with Crippen LogP contribution in [0.15, 0.2) is 22.8 Å². The molecule has 0 saturated heterocycles. The topological polar surface area (TPSA) is 25.8 Å². The summed E-state index contributed by atoms with van der Waals surface area (Å²) in [6, 6.07) is 6.05.